The van der Waals surface area contributed by atoms with Gasteiger partial charge in [-0.15, -0.1) is 10.2 Å². The van der Waals surface area contributed by atoms with Crippen molar-refractivity contribution in [2.75, 3.05) is 5.75 Å². The minimum atomic E-state index is -0.211. The summed E-state index contributed by atoms with van der Waals surface area (Å²) in [6.07, 6.45) is 0. The van der Waals surface area contributed by atoms with Gasteiger partial charge in [0.1, 0.15) is 0 Å². The van der Waals surface area contributed by atoms with Crippen LogP contribution in [0.4, 0.5) is 0 Å². The van der Waals surface area contributed by atoms with Gasteiger partial charge in [0.2, 0.25) is 0 Å². The number of amides is 1. The first kappa shape index (κ1) is 22.0. The van der Waals surface area contributed by atoms with Crippen molar-refractivity contribution >= 4 is 39.3 Å². The molecule has 4 rings (SSSR count). The van der Waals surface area contributed by atoms with E-state index in [1.165, 1.54) is 11.8 Å². The average Bonchev–Trinajstić information content (AvgIpc) is 3.27. The summed E-state index contributed by atoms with van der Waals surface area (Å²) < 4.78 is 2.94. The number of nitrogens with zero attached hydrogens (tertiary/aromatic N) is 4. The van der Waals surface area contributed by atoms with Crippen LogP contribution in [0.3, 0.4) is 0 Å². The number of carbonyl (C=O) groups excluding carboxylic acids is 1. The molecule has 0 aliphatic heterocycles. The minimum Gasteiger partial charge on any atom is -0.272 e. The zero-order valence-electron chi connectivity index (χ0n) is 17.3. The largest absolute Gasteiger partial charge is 0.272 e. The molecule has 1 N–H and O–H groups in total. The summed E-state index contributed by atoms with van der Waals surface area (Å²) in [7, 11) is 0. The molecule has 160 valence electrons. The lowest BCUT2D eigenvalue weighted by atomic mass is 10.1. The Morgan fingerprint density at radius 3 is 2.31 bits per heavy atom. The maximum absolute atomic E-state index is 12.4. The van der Waals surface area contributed by atoms with E-state index in [0.717, 1.165) is 27.0 Å². The SMILES string of the molecule is CC(=NNC(=O)CSc1nnc(-c2ccccc2)n1-c1ccc(Br)cc1)c1ccccc1. The Kier molecular flexibility index (Phi) is 7.14. The van der Waals surface area contributed by atoms with E-state index < -0.39 is 0 Å². The van der Waals surface area contributed by atoms with Gasteiger partial charge >= 0.3 is 0 Å². The van der Waals surface area contributed by atoms with Gasteiger partial charge in [-0.2, -0.15) is 5.10 Å². The number of thioether (sulfide) groups is 1. The summed E-state index contributed by atoms with van der Waals surface area (Å²) in [6, 6.07) is 27.5. The second-order valence-corrected chi connectivity index (χ2v) is 8.73. The quantitative estimate of drug-likeness (QED) is 0.209. The van der Waals surface area contributed by atoms with Crippen molar-refractivity contribution in [3.63, 3.8) is 0 Å². The van der Waals surface area contributed by atoms with Crippen molar-refractivity contribution in [2.24, 2.45) is 5.10 Å². The third-order valence-electron chi connectivity index (χ3n) is 4.62. The van der Waals surface area contributed by atoms with E-state index in [-0.39, 0.29) is 11.7 Å². The summed E-state index contributed by atoms with van der Waals surface area (Å²) in [5, 5.41) is 13.6. The molecular formula is C24H20BrN5OS. The molecule has 6 nitrogen and oxygen atoms in total. The first-order valence-electron chi connectivity index (χ1n) is 9.90. The predicted molar refractivity (Wildman–Crippen MR) is 132 cm³/mol. The van der Waals surface area contributed by atoms with Crippen LogP contribution >= 0.6 is 27.7 Å². The van der Waals surface area contributed by atoms with Crippen LogP contribution in [0.5, 0.6) is 0 Å². The molecule has 0 saturated heterocycles. The number of hydrogen-bond acceptors (Lipinski definition) is 5. The summed E-state index contributed by atoms with van der Waals surface area (Å²) >= 11 is 4.79. The van der Waals surface area contributed by atoms with E-state index in [1.54, 1.807) is 0 Å². The van der Waals surface area contributed by atoms with Gasteiger partial charge in [-0.3, -0.25) is 9.36 Å². The highest BCUT2D eigenvalue weighted by Crippen LogP contribution is 2.28. The van der Waals surface area contributed by atoms with E-state index in [0.29, 0.717) is 11.0 Å². The minimum absolute atomic E-state index is 0.162. The Hall–Kier alpha value is -3.23. The van der Waals surface area contributed by atoms with E-state index in [4.69, 9.17) is 0 Å². The van der Waals surface area contributed by atoms with Crippen molar-refractivity contribution in [3.8, 4) is 17.1 Å². The van der Waals surface area contributed by atoms with Crippen molar-refractivity contribution in [2.45, 2.75) is 12.1 Å². The number of carbonyl (C=O) groups is 1. The maximum atomic E-state index is 12.4. The van der Waals surface area contributed by atoms with E-state index in [9.17, 15) is 4.79 Å². The van der Waals surface area contributed by atoms with Crippen LogP contribution in [-0.4, -0.2) is 32.1 Å². The molecule has 32 heavy (non-hydrogen) atoms. The van der Waals surface area contributed by atoms with Crippen LogP contribution in [0.15, 0.2) is 99.7 Å². The smallest absolute Gasteiger partial charge is 0.250 e. The number of rotatable bonds is 7. The Bertz CT molecular complexity index is 1220. The van der Waals surface area contributed by atoms with Crippen LogP contribution in [0, 0.1) is 0 Å². The molecule has 0 saturated carbocycles. The van der Waals surface area contributed by atoms with E-state index in [1.807, 2.05) is 96.4 Å². The van der Waals surface area contributed by atoms with Crippen molar-refractivity contribution in [1.29, 1.82) is 0 Å². The number of hydrazone groups is 1. The predicted octanol–water partition coefficient (Wildman–Crippen LogP) is 5.33. The van der Waals surface area contributed by atoms with Crippen molar-refractivity contribution < 1.29 is 4.79 Å². The zero-order valence-corrected chi connectivity index (χ0v) is 19.7. The summed E-state index contributed by atoms with van der Waals surface area (Å²) in [6.45, 7) is 1.86. The van der Waals surface area contributed by atoms with E-state index >= 15 is 0 Å². The maximum Gasteiger partial charge on any atom is 0.250 e. The molecule has 1 amide bonds. The fraction of sp³-hybridized carbons (Fsp3) is 0.0833. The highest BCUT2D eigenvalue weighted by atomic mass is 79.9. The van der Waals surface area contributed by atoms with Crippen molar-refractivity contribution in [3.05, 3.63) is 95.0 Å². The number of benzene rings is 3. The number of aromatic nitrogens is 3. The summed E-state index contributed by atoms with van der Waals surface area (Å²) in [4.78, 5) is 12.4. The van der Waals surface area contributed by atoms with Crippen LogP contribution in [0.1, 0.15) is 12.5 Å². The first-order valence-corrected chi connectivity index (χ1v) is 11.7. The number of halogens is 1. The number of nitrogens with one attached hydrogen (secondary N) is 1. The molecule has 0 unspecified atom stereocenters. The lowest BCUT2D eigenvalue weighted by Gasteiger charge is -2.10. The van der Waals surface area contributed by atoms with Crippen LogP contribution in [-0.2, 0) is 4.79 Å². The monoisotopic (exact) mass is 505 g/mol. The Labute approximate surface area is 198 Å². The molecule has 1 aromatic heterocycles. The lowest BCUT2D eigenvalue weighted by Crippen LogP contribution is -2.21. The second kappa shape index (κ2) is 10.4. The lowest BCUT2D eigenvalue weighted by molar-refractivity contribution is -0.118. The highest BCUT2D eigenvalue weighted by Gasteiger charge is 2.17. The molecule has 0 bridgehead atoms. The summed E-state index contributed by atoms with van der Waals surface area (Å²) in [5.74, 6) is 0.667. The average molecular weight is 506 g/mol. The molecule has 0 aliphatic rings. The zero-order chi connectivity index (χ0) is 22.3. The molecule has 8 heteroatoms. The fourth-order valence-electron chi connectivity index (χ4n) is 3.01. The van der Waals surface area contributed by atoms with Crippen molar-refractivity contribution in [1.82, 2.24) is 20.2 Å². The van der Waals surface area contributed by atoms with Gasteiger partial charge < -0.3 is 0 Å². The van der Waals surface area contributed by atoms with Crippen LogP contribution in [0.25, 0.3) is 17.1 Å². The highest BCUT2D eigenvalue weighted by molar-refractivity contribution is 9.10. The molecule has 0 spiro atoms. The third-order valence-corrected chi connectivity index (χ3v) is 6.08. The Morgan fingerprint density at radius 1 is 0.969 bits per heavy atom. The molecule has 0 fully saturated rings. The first-order chi connectivity index (χ1) is 15.6. The van der Waals surface area contributed by atoms with Gasteiger partial charge in [0.15, 0.2) is 11.0 Å². The van der Waals surface area contributed by atoms with Gasteiger partial charge in [-0.1, -0.05) is 88.4 Å². The fourth-order valence-corrected chi connectivity index (χ4v) is 4.02. The molecule has 0 atom stereocenters. The second-order valence-electron chi connectivity index (χ2n) is 6.87. The Morgan fingerprint density at radius 2 is 1.62 bits per heavy atom. The standard InChI is InChI=1S/C24H20BrN5OS/c1-17(18-8-4-2-5-9-18)26-27-22(31)16-32-24-29-28-23(19-10-6-3-7-11-19)30(24)21-14-12-20(25)13-15-21/h2-15H,16H2,1H3,(H,27,31). The molecule has 3 aromatic carbocycles. The Balaban J connectivity index is 1.53. The molecule has 1 heterocycles. The van der Waals surface area contributed by atoms with Crippen LogP contribution < -0.4 is 5.43 Å². The van der Waals surface area contributed by atoms with Gasteiger partial charge in [-0.05, 0) is 36.8 Å². The summed E-state index contributed by atoms with van der Waals surface area (Å²) in [5.41, 5.74) is 6.19. The van der Waals surface area contributed by atoms with Gasteiger partial charge in [-0.25, -0.2) is 5.43 Å². The van der Waals surface area contributed by atoms with Crippen LogP contribution in [0.2, 0.25) is 0 Å². The van der Waals surface area contributed by atoms with Gasteiger partial charge in [0.05, 0.1) is 11.5 Å². The molecular weight excluding hydrogens is 486 g/mol. The normalized spacial score (nSPS) is 11.4. The molecule has 0 radical (unpaired) electrons. The van der Waals surface area contributed by atoms with Gasteiger partial charge in [0, 0.05) is 15.7 Å². The van der Waals surface area contributed by atoms with Gasteiger partial charge in [0.25, 0.3) is 5.91 Å². The number of hydrogen-bond donors (Lipinski definition) is 1. The molecule has 4 aromatic rings. The molecule has 0 aliphatic carbocycles. The van der Waals surface area contributed by atoms with E-state index in [2.05, 4.69) is 36.7 Å². The third kappa shape index (κ3) is 5.33. The topological polar surface area (TPSA) is 72.2 Å².